The first-order valence-corrected chi connectivity index (χ1v) is 6.65. The van der Waals surface area contributed by atoms with Crippen LogP contribution in [0.15, 0.2) is 24.5 Å². The van der Waals surface area contributed by atoms with Crippen LogP contribution in [0.4, 0.5) is 5.82 Å². The predicted octanol–water partition coefficient (Wildman–Crippen LogP) is 3.27. The zero-order chi connectivity index (χ0) is 13.8. The molecular formula is C15H20N4. The Labute approximate surface area is 114 Å². The monoisotopic (exact) mass is 256 g/mol. The zero-order valence-electron chi connectivity index (χ0n) is 11.9. The van der Waals surface area contributed by atoms with Crippen molar-refractivity contribution in [3.63, 3.8) is 0 Å². The molecule has 2 heterocycles. The lowest BCUT2D eigenvalue weighted by Gasteiger charge is -2.12. The van der Waals surface area contributed by atoms with Gasteiger partial charge in [-0.1, -0.05) is 20.8 Å². The van der Waals surface area contributed by atoms with Crippen molar-refractivity contribution in [3.05, 3.63) is 35.8 Å². The van der Waals surface area contributed by atoms with Gasteiger partial charge in [0.05, 0.1) is 0 Å². The fourth-order valence-corrected chi connectivity index (χ4v) is 1.94. The Morgan fingerprint density at radius 3 is 2.68 bits per heavy atom. The fourth-order valence-electron chi connectivity index (χ4n) is 1.94. The fraction of sp³-hybridized carbons (Fsp3) is 0.400. The van der Waals surface area contributed by atoms with Crippen LogP contribution in [0.1, 0.15) is 37.9 Å². The summed E-state index contributed by atoms with van der Waals surface area (Å²) in [5.74, 6) is 2.00. The smallest absolute Gasteiger partial charge is 0.162 e. The third kappa shape index (κ3) is 2.89. The van der Waals surface area contributed by atoms with Crippen LogP contribution in [0.2, 0.25) is 0 Å². The number of hydrogen-bond acceptors (Lipinski definition) is 4. The van der Waals surface area contributed by atoms with Crippen molar-refractivity contribution in [2.24, 2.45) is 0 Å². The maximum Gasteiger partial charge on any atom is 0.162 e. The first-order valence-electron chi connectivity index (χ1n) is 6.65. The molecule has 4 heteroatoms. The normalized spacial score (nSPS) is 10.8. The maximum atomic E-state index is 4.68. The van der Waals surface area contributed by atoms with E-state index in [0.29, 0.717) is 5.92 Å². The molecule has 1 N–H and O–H groups in total. The lowest BCUT2D eigenvalue weighted by atomic mass is 10.1. The van der Waals surface area contributed by atoms with Gasteiger partial charge < -0.3 is 5.32 Å². The highest BCUT2D eigenvalue weighted by molar-refractivity contribution is 5.61. The van der Waals surface area contributed by atoms with Crippen LogP contribution in [-0.2, 0) is 6.42 Å². The molecule has 0 bridgehead atoms. The van der Waals surface area contributed by atoms with E-state index in [1.165, 1.54) is 5.56 Å². The number of nitrogens with zero attached hydrogens (tertiary/aromatic N) is 3. The first kappa shape index (κ1) is 13.5. The van der Waals surface area contributed by atoms with Gasteiger partial charge in [-0.25, -0.2) is 9.97 Å². The van der Waals surface area contributed by atoms with Gasteiger partial charge in [-0.05, 0) is 24.0 Å². The molecule has 0 aliphatic carbocycles. The predicted molar refractivity (Wildman–Crippen MR) is 78.3 cm³/mol. The number of aromatic nitrogens is 3. The summed E-state index contributed by atoms with van der Waals surface area (Å²) in [5.41, 5.74) is 3.29. The number of pyridine rings is 1. The molecule has 0 saturated heterocycles. The SMILES string of the molecule is CCc1cnccc1-c1nc(NC)cc(C(C)C)n1. The van der Waals surface area contributed by atoms with Gasteiger partial charge in [0.2, 0.25) is 0 Å². The Balaban J connectivity index is 2.57. The molecule has 0 spiro atoms. The molecule has 0 aliphatic rings. The van der Waals surface area contributed by atoms with Crippen molar-refractivity contribution >= 4 is 5.82 Å². The number of nitrogens with one attached hydrogen (secondary N) is 1. The van der Waals surface area contributed by atoms with Crippen LogP contribution >= 0.6 is 0 Å². The summed E-state index contributed by atoms with van der Waals surface area (Å²) in [4.78, 5) is 13.4. The number of rotatable bonds is 4. The molecule has 0 saturated carbocycles. The van der Waals surface area contributed by atoms with Gasteiger partial charge >= 0.3 is 0 Å². The van der Waals surface area contributed by atoms with Gasteiger partial charge in [0.15, 0.2) is 5.82 Å². The minimum absolute atomic E-state index is 0.376. The average molecular weight is 256 g/mol. The number of anilines is 1. The Morgan fingerprint density at radius 1 is 1.26 bits per heavy atom. The molecule has 2 rings (SSSR count). The summed E-state index contributed by atoms with van der Waals surface area (Å²) in [5, 5.41) is 3.10. The minimum Gasteiger partial charge on any atom is -0.373 e. The molecule has 0 aromatic carbocycles. The topological polar surface area (TPSA) is 50.7 Å². The van der Waals surface area contributed by atoms with Crippen LogP contribution in [0.5, 0.6) is 0 Å². The maximum absolute atomic E-state index is 4.68. The lowest BCUT2D eigenvalue weighted by Crippen LogP contribution is -2.03. The largest absolute Gasteiger partial charge is 0.373 e. The van der Waals surface area contributed by atoms with Crippen LogP contribution in [0, 0.1) is 0 Å². The van der Waals surface area contributed by atoms with Crippen molar-refractivity contribution in [3.8, 4) is 11.4 Å². The highest BCUT2D eigenvalue weighted by atomic mass is 15.0. The molecule has 4 nitrogen and oxygen atoms in total. The second-order valence-corrected chi connectivity index (χ2v) is 4.79. The van der Waals surface area contributed by atoms with E-state index in [0.717, 1.165) is 29.3 Å². The van der Waals surface area contributed by atoms with E-state index >= 15 is 0 Å². The van der Waals surface area contributed by atoms with Crippen LogP contribution in [-0.4, -0.2) is 22.0 Å². The summed E-state index contributed by atoms with van der Waals surface area (Å²) in [6.45, 7) is 6.39. The third-order valence-corrected chi connectivity index (χ3v) is 3.12. The zero-order valence-corrected chi connectivity index (χ0v) is 11.9. The first-order chi connectivity index (χ1) is 9.15. The Hall–Kier alpha value is -1.97. The van der Waals surface area contributed by atoms with E-state index in [9.17, 15) is 0 Å². The quantitative estimate of drug-likeness (QED) is 0.912. The van der Waals surface area contributed by atoms with Gasteiger partial charge in [0.1, 0.15) is 5.82 Å². The van der Waals surface area contributed by atoms with E-state index in [1.807, 2.05) is 25.4 Å². The van der Waals surface area contributed by atoms with E-state index < -0.39 is 0 Å². The molecule has 0 unspecified atom stereocenters. The summed E-state index contributed by atoms with van der Waals surface area (Å²) >= 11 is 0. The second kappa shape index (κ2) is 5.78. The molecule has 100 valence electrons. The summed E-state index contributed by atoms with van der Waals surface area (Å²) < 4.78 is 0. The van der Waals surface area contributed by atoms with Crippen molar-refractivity contribution in [2.45, 2.75) is 33.1 Å². The van der Waals surface area contributed by atoms with Crippen LogP contribution in [0.25, 0.3) is 11.4 Å². The summed E-state index contributed by atoms with van der Waals surface area (Å²) in [6, 6.07) is 3.98. The summed E-state index contributed by atoms with van der Waals surface area (Å²) in [7, 11) is 1.88. The van der Waals surface area contributed by atoms with Crippen molar-refractivity contribution in [1.29, 1.82) is 0 Å². The molecule has 0 aliphatic heterocycles. The molecule has 0 atom stereocenters. The Bertz CT molecular complexity index is 564. The third-order valence-electron chi connectivity index (χ3n) is 3.12. The van der Waals surface area contributed by atoms with Gasteiger partial charge in [-0.2, -0.15) is 0 Å². The van der Waals surface area contributed by atoms with E-state index in [1.54, 1.807) is 6.20 Å². The number of hydrogen-bond donors (Lipinski definition) is 1. The van der Waals surface area contributed by atoms with E-state index in [4.69, 9.17) is 0 Å². The van der Waals surface area contributed by atoms with Crippen molar-refractivity contribution < 1.29 is 0 Å². The molecule has 0 amide bonds. The van der Waals surface area contributed by atoms with E-state index in [2.05, 4.69) is 41.0 Å². The lowest BCUT2D eigenvalue weighted by molar-refractivity contribution is 0.817. The highest BCUT2D eigenvalue weighted by Crippen LogP contribution is 2.24. The second-order valence-electron chi connectivity index (χ2n) is 4.79. The summed E-state index contributed by atoms with van der Waals surface area (Å²) in [6.07, 6.45) is 4.60. The molecular weight excluding hydrogens is 236 g/mol. The molecule has 2 aromatic rings. The van der Waals surface area contributed by atoms with Gasteiger partial charge in [-0.3, -0.25) is 4.98 Å². The molecule has 0 fully saturated rings. The van der Waals surface area contributed by atoms with Gasteiger partial charge in [0, 0.05) is 36.8 Å². The van der Waals surface area contributed by atoms with Gasteiger partial charge in [-0.15, -0.1) is 0 Å². The molecule has 19 heavy (non-hydrogen) atoms. The van der Waals surface area contributed by atoms with Gasteiger partial charge in [0.25, 0.3) is 0 Å². The highest BCUT2D eigenvalue weighted by Gasteiger charge is 2.11. The standard InChI is InChI=1S/C15H20N4/c1-5-11-9-17-7-6-12(11)15-18-13(10(2)3)8-14(16-4)19-15/h6-10H,5H2,1-4H3,(H,16,18,19). The van der Waals surface area contributed by atoms with Crippen molar-refractivity contribution in [1.82, 2.24) is 15.0 Å². The van der Waals surface area contributed by atoms with Crippen LogP contribution < -0.4 is 5.32 Å². The minimum atomic E-state index is 0.376. The van der Waals surface area contributed by atoms with Crippen LogP contribution in [0.3, 0.4) is 0 Å². The molecule has 2 aromatic heterocycles. The Morgan fingerprint density at radius 2 is 2.05 bits per heavy atom. The number of aryl methyl sites for hydroxylation is 1. The molecule has 0 radical (unpaired) electrons. The Kier molecular flexibility index (Phi) is 4.10. The van der Waals surface area contributed by atoms with E-state index in [-0.39, 0.29) is 0 Å². The van der Waals surface area contributed by atoms with Crippen molar-refractivity contribution in [2.75, 3.05) is 12.4 Å². The average Bonchev–Trinajstić information content (AvgIpc) is 2.46.